The molecule has 2 saturated heterocycles. The molecule has 2 N–H and O–H groups in total. The van der Waals surface area contributed by atoms with E-state index in [9.17, 15) is 37.5 Å². The number of pyridine rings is 1. The van der Waals surface area contributed by atoms with Gasteiger partial charge in [0.15, 0.2) is 11.4 Å². The van der Waals surface area contributed by atoms with Crippen LogP contribution in [-0.4, -0.2) is 65.1 Å². The Bertz CT molecular complexity index is 2040. The van der Waals surface area contributed by atoms with Crippen molar-refractivity contribution >= 4 is 28.8 Å². The Labute approximate surface area is 264 Å². The highest BCUT2D eigenvalue weighted by Gasteiger charge is 2.56. The van der Waals surface area contributed by atoms with Gasteiger partial charge in [0.1, 0.15) is 41.0 Å². The molecule has 2 aromatic carbocycles. The molecule has 0 aliphatic carbocycles. The van der Waals surface area contributed by atoms with E-state index in [4.69, 9.17) is 4.84 Å². The zero-order valence-corrected chi connectivity index (χ0v) is 25.3. The molecule has 3 aliphatic heterocycles. The number of carbonyl (C=O) groups is 3. The fourth-order valence-electron chi connectivity index (χ4n) is 6.86. The maximum absolute atomic E-state index is 14.2. The average molecular weight is 651 g/mol. The van der Waals surface area contributed by atoms with Crippen LogP contribution in [-0.2, 0) is 29.8 Å². The summed E-state index contributed by atoms with van der Waals surface area (Å²) in [6.07, 6.45) is 1.78. The number of hydroxylamine groups is 2. The molecule has 15 heteroatoms. The molecule has 5 heterocycles. The molecule has 0 saturated carbocycles. The molecule has 244 valence electrons. The van der Waals surface area contributed by atoms with Crippen LogP contribution >= 0.6 is 0 Å². The van der Waals surface area contributed by atoms with Crippen molar-refractivity contribution in [3.63, 3.8) is 0 Å². The SMILES string of the molecule is C[C@H]1CC[C@]2(CC(=O)N(Cc3nc4ccccc4n3C)O2)[C@H]2CN1C(=O)c1c(O)c(=O)c(C(=O)NCc3c(F)cc(F)cc3F)cn12. The molecule has 12 nitrogen and oxygen atoms in total. The highest BCUT2D eigenvalue weighted by molar-refractivity contribution is 5.99. The van der Waals surface area contributed by atoms with Crippen molar-refractivity contribution in [2.45, 2.75) is 57.0 Å². The Morgan fingerprint density at radius 3 is 2.60 bits per heavy atom. The molecular formula is C32H29F3N6O6. The molecule has 3 aliphatic rings. The third-order valence-corrected chi connectivity index (χ3v) is 9.47. The second-order valence-electron chi connectivity index (χ2n) is 12.2. The van der Waals surface area contributed by atoms with E-state index >= 15 is 0 Å². The van der Waals surface area contributed by atoms with Crippen molar-refractivity contribution < 1.29 is 37.5 Å². The zero-order valence-electron chi connectivity index (χ0n) is 25.3. The monoisotopic (exact) mass is 650 g/mol. The summed E-state index contributed by atoms with van der Waals surface area (Å²) in [6, 6.07) is 7.27. The van der Waals surface area contributed by atoms with Crippen molar-refractivity contribution in [3.05, 3.63) is 92.9 Å². The molecule has 3 atom stereocenters. The summed E-state index contributed by atoms with van der Waals surface area (Å²) in [6.45, 7) is 1.17. The molecule has 1 spiro atoms. The number of nitrogens with zero attached hydrogens (tertiary/aromatic N) is 5. The fourth-order valence-corrected chi connectivity index (χ4v) is 6.86. The quantitative estimate of drug-likeness (QED) is 0.339. The number of carbonyl (C=O) groups excluding carboxylic acids is 3. The van der Waals surface area contributed by atoms with E-state index in [1.807, 2.05) is 42.8 Å². The predicted octanol–water partition coefficient (Wildman–Crippen LogP) is 3.07. The van der Waals surface area contributed by atoms with Gasteiger partial charge < -0.3 is 24.5 Å². The number of halogens is 3. The summed E-state index contributed by atoms with van der Waals surface area (Å²) in [7, 11) is 1.83. The first kappa shape index (κ1) is 30.5. The van der Waals surface area contributed by atoms with Crippen LogP contribution in [0.15, 0.2) is 47.4 Å². The minimum Gasteiger partial charge on any atom is -0.503 e. The lowest BCUT2D eigenvalue weighted by Crippen LogP contribution is -2.52. The number of aryl methyl sites for hydroxylation is 1. The summed E-state index contributed by atoms with van der Waals surface area (Å²) in [5, 5.41) is 14.5. The minimum atomic E-state index is -1.24. The van der Waals surface area contributed by atoms with E-state index in [1.165, 1.54) is 14.5 Å². The van der Waals surface area contributed by atoms with Gasteiger partial charge in [-0.1, -0.05) is 12.1 Å². The van der Waals surface area contributed by atoms with Crippen LogP contribution in [0.1, 0.15) is 64.5 Å². The van der Waals surface area contributed by atoms with Crippen LogP contribution in [0.2, 0.25) is 0 Å². The first-order valence-electron chi connectivity index (χ1n) is 15.0. The summed E-state index contributed by atoms with van der Waals surface area (Å²) in [4.78, 5) is 66.2. The predicted molar refractivity (Wildman–Crippen MR) is 158 cm³/mol. The van der Waals surface area contributed by atoms with Crippen LogP contribution in [0.25, 0.3) is 11.0 Å². The molecule has 4 aromatic rings. The van der Waals surface area contributed by atoms with E-state index in [-0.39, 0.29) is 37.2 Å². The number of nitrogens with one attached hydrogen (secondary N) is 1. The second-order valence-corrected chi connectivity index (χ2v) is 12.2. The maximum atomic E-state index is 14.2. The van der Waals surface area contributed by atoms with Gasteiger partial charge in [0.05, 0.1) is 23.5 Å². The number of hydrogen-bond acceptors (Lipinski definition) is 7. The number of rotatable bonds is 5. The molecule has 2 fully saturated rings. The van der Waals surface area contributed by atoms with Gasteiger partial charge in [0.25, 0.3) is 11.8 Å². The van der Waals surface area contributed by atoms with E-state index in [1.54, 1.807) is 0 Å². The summed E-state index contributed by atoms with van der Waals surface area (Å²) in [5.41, 5.74) is -2.38. The molecule has 0 unspecified atom stereocenters. The Kier molecular flexibility index (Phi) is 7.11. The van der Waals surface area contributed by atoms with Gasteiger partial charge in [-0.05, 0) is 31.9 Å². The van der Waals surface area contributed by atoms with E-state index in [2.05, 4.69) is 10.3 Å². The highest BCUT2D eigenvalue weighted by Crippen LogP contribution is 2.47. The van der Waals surface area contributed by atoms with Gasteiger partial charge in [0.2, 0.25) is 11.3 Å². The van der Waals surface area contributed by atoms with Crippen molar-refractivity contribution in [1.29, 1.82) is 0 Å². The first-order chi connectivity index (χ1) is 22.4. The maximum Gasteiger partial charge on any atom is 0.274 e. The van der Waals surface area contributed by atoms with E-state index < -0.39 is 69.8 Å². The van der Waals surface area contributed by atoms with Gasteiger partial charge in [-0.25, -0.2) is 23.2 Å². The fraction of sp³-hybridized carbons (Fsp3) is 0.344. The topological polar surface area (TPSA) is 139 Å². The third kappa shape index (κ3) is 4.83. The van der Waals surface area contributed by atoms with Crippen LogP contribution in [0, 0.1) is 17.5 Å². The number of aromatic hydroxyl groups is 1. The lowest BCUT2D eigenvalue weighted by atomic mass is 9.85. The van der Waals surface area contributed by atoms with Crippen molar-refractivity contribution in [3.8, 4) is 5.75 Å². The molecule has 2 bridgehead atoms. The van der Waals surface area contributed by atoms with E-state index in [0.29, 0.717) is 30.8 Å². The molecular weight excluding hydrogens is 621 g/mol. The Hall–Kier alpha value is -5.18. The number of amides is 3. The van der Waals surface area contributed by atoms with Crippen molar-refractivity contribution in [2.75, 3.05) is 6.54 Å². The zero-order chi connectivity index (χ0) is 33.4. The third-order valence-electron chi connectivity index (χ3n) is 9.47. The summed E-state index contributed by atoms with van der Waals surface area (Å²) < 4.78 is 44.9. The van der Waals surface area contributed by atoms with Crippen LogP contribution in [0.4, 0.5) is 13.2 Å². The normalized spacial score (nSPS) is 22.2. The second kappa shape index (κ2) is 11.0. The Morgan fingerprint density at radius 1 is 1.15 bits per heavy atom. The van der Waals surface area contributed by atoms with E-state index in [0.717, 1.165) is 17.2 Å². The van der Waals surface area contributed by atoms with Gasteiger partial charge in [-0.3, -0.25) is 24.0 Å². The summed E-state index contributed by atoms with van der Waals surface area (Å²) in [5.74, 6) is -6.08. The van der Waals surface area contributed by atoms with Gasteiger partial charge in [0, 0.05) is 50.1 Å². The lowest BCUT2D eigenvalue weighted by Gasteiger charge is -2.42. The molecule has 7 rings (SSSR count). The van der Waals surface area contributed by atoms with Gasteiger partial charge in [-0.2, -0.15) is 0 Å². The number of hydrogen-bond donors (Lipinski definition) is 2. The van der Waals surface area contributed by atoms with Gasteiger partial charge >= 0.3 is 0 Å². The van der Waals surface area contributed by atoms with Crippen molar-refractivity contribution in [2.24, 2.45) is 7.05 Å². The van der Waals surface area contributed by atoms with Crippen LogP contribution < -0.4 is 10.7 Å². The molecule has 0 radical (unpaired) electrons. The standard InChI is InChI=1S/C32H29F3N6O6/c1-16-7-8-32(11-26(42)41(47-32)15-25-37-22-5-3-4-6-23(22)38(25)2)24-14-39(16)31(46)27-29(44)28(43)19(13-40(24)27)30(45)36-12-18-20(34)9-17(33)10-21(18)35/h3-6,9-10,13,16,24,44H,7-8,11-12,14-15H2,1-2H3,(H,36,45)/t16-,24+,32-/m0/s1. The number of imidazole rings is 1. The number of aromatic nitrogens is 3. The number of benzene rings is 2. The molecule has 3 amide bonds. The largest absolute Gasteiger partial charge is 0.503 e. The Balaban J connectivity index is 1.24. The number of para-hydroxylation sites is 2. The van der Waals surface area contributed by atoms with Crippen LogP contribution in [0.5, 0.6) is 5.75 Å². The van der Waals surface area contributed by atoms with Crippen molar-refractivity contribution in [1.82, 2.24) is 29.4 Å². The average Bonchev–Trinajstić information content (AvgIpc) is 3.48. The van der Waals surface area contributed by atoms with Crippen LogP contribution in [0.3, 0.4) is 0 Å². The highest BCUT2D eigenvalue weighted by atomic mass is 19.1. The Morgan fingerprint density at radius 2 is 1.87 bits per heavy atom. The lowest BCUT2D eigenvalue weighted by molar-refractivity contribution is -0.218. The molecule has 47 heavy (non-hydrogen) atoms. The van der Waals surface area contributed by atoms with Gasteiger partial charge in [-0.15, -0.1) is 0 Å². The first-order valence-corrected chi connectivity index (χ1v) is 15.0. The number of fused-ring (bicyclic) bond motifs is 6. The smallest absolute Gasteiger partial charge is 0.274 e. The summed E-state index contributed by atoms with van der Waals surface area (Å²) >= 11 is 0. The minimum absolute atomic E-state index is 0.0309. The molecule has 2 aromatic heterocycles.